The maximum atomic E-state index is 11.3. The first-order valence-corrected chi connectivity index (χ1v) is 9.93. The first-order valence-electron chi connectivity index (χ1n) is 9.93. The molecule has 0 spiro atoms. The quantitative estimate of drug-likeness (QED) is 0.263. The summed E-state index contributed by atoms with van der Waals surface area (Å²) < 4.78 is 5.07. The molecule has 2 atom stereocenters. The number of carbonyl (C=O) groups excluding carboxylic acids is 1. The summed E-state index contributed by atoms with van der Waals surface area (Å²) in [5.41, 5.74) is 0. The van der Waals surface area contributed by atoms with Gasteiger partial charge in [0.15, 0.2) is 0 Å². The third-order valence-electron chi connectivity index (χ3n) is 4.90. The van der Waals surface area contributed by atoms with E-state index >= 15 is 0 Å². The van der Waals surface area contributed by atoms with Crippen LogP contribution in [0.25, 0.3) is 0 Å². The van der Waals surface area contributed by atoms with Gasteiger partial charge in [0.1, 0.15) is 0 Å². The molecule has 1 aliphatic rings. The monoisotopic (exact) mass is 310 g/mol. The molecule has 0 aromatic heterocycles. The number of rotatable bonds is 15. The Bertz CT molecular complexity index is 275. The van der Waals surface area contributed by atoms with E-state index < -0.39 is 0 Å². The fourth-order valence-corrected chi connectivity index (χ4v) is 3.41. The Morgan fingerprint density at radius 3 is 2.05 bits per heavy atom. The van der Waals surface area contributed by atoms with Crippen molar-refractivity contribution in [1.82, 2.24) is 0 Å². The average Bonchev–Trinajstić information content (AvgIpc) is 3.25. The molecule has 0 amide bonds. The van der Waals surface area contributed by atoms with E-state index in [0.29, 0.717) is 13.0 Å². The predicted octanol–water partition coefficient (Wildman–Crippen LogP) is 6.28. The van der Waals surface area contributed by atoms with E-state index in [1.54, 1.807) is 0 Å². The van der Waals surface area contributed by atoms with Crippen molar-refractivity contribution in [1.29, 1.82) is 0 Å². The molecule has 1 fully saturated rings. The van der Waals surface area contributed by atoms with E-state index in [2.05, 4.69) is 6.92 Å². The molecular formula is C20H38O2. The lowest BCUT2D eigenvalue weighted by atomic mass is 10.0. The van der Waals surface area contributed by atoms with Crippen molar-refractivity contribution in [2.45, 2.75) is 104 Å². The van der Waals surface area contributed by atoms with Gasteiger partial charge in [-0.1, -0.05) is 78.1 Å². The van der Waals surface area contributed by atoms with Gasteiger partial charge in [0, 0.05) is 6.42 Å². The van der Waals surface area contributed by atoms with Crippen molar-refractivity contribution in [3.63, 3.8) is 0 Å². The summed E-state index contributed by atoms with van der Waals surface area (Å²) in [6.45, 7) is 4.92. The fourth-order valence-electron chi connectivity index (χ4n) is 3.41. The highest BCUT2D eigenvalue weighted by Gasteiger charge is 2.34. The van der Waals surface area contributed by atoms with Crippen LogP contribution in [0.5, 0.6) is 0 Å². The van der Waals surface area contributed by atoms with Gasteiger partial charge in [0.25, 0.3) is 0 Å². The zero-order chi connectivity index (χ0) is 16.0. The highest BCUT2D eigenvalue weighted by molar-refractivity contribution is 5.69. The van der Waals surface area contributed by atoms with Gasteiger partial charge < -0.3 is 4.74 Å². The van der Waals surface area contributed by atoms with Gasteiger partial charge in [0.05, 0.1) is 6.61 Å². The summed E-state index contributed by atoms with van der Waals surface area (Å²) in [6.07, 6.45) is 17.9. The molecule has 0 radical (unpaired) electrons. The lowest BCUT2D eigenvalue weighted by molar-refractivity contribution is -0.143. The average molecular weight is 311 g/mol. The summed E-state index contributed by atoms with van der Waals surface area (Å²) in [5, 5.41) is 0. The van der Waals surface area contributed by atoms with E-state index in [1.807, 2.05) is 6.92 Å². The van der Waals surface area contributed by atoms with Crippen LogP contribution in [-0.4, -0.2) is 12.6 Å². The molecule has 1 saturated carbocycles. The SMILES string of the molecule is CCCOC(=O)CCCCCCCCCC[C@H]1C[C@H]1CCC. The third-order valence-corrected chi connectivity index (χ3v) is 4.90. The molecule has 0 aliphatic heterocycles. The van der Waals surface area contributed by atoms with Crippen molar-refractivity contribution in [3.8, 4) is 0 Å². The van der Waals surface area contributed by atoms with E-state index in [9.17, 15) is 4.79 Å². The summed E-state index contributed by atoms with van der Waals surface area (Å²) in [7, 11) is 0. The minimum atomic E-state index is -0.0108. The molecule has 0 heterocycles. The second kappa shape index (κ2) is 13.0. The van der Waals surface area contributed by atoms with Crippen LogP contribution >= 0.6 is 0 Å². The van der Waals surface area contributed by atoms with Gasteiger partial charge in [-0.2, -0.15) is 0 Å². The van der Waals surface area contributed by atoms with Crippen molar-refractivity contribution >= 4 is 5.97 Å². The van der Waals surface area contributed by atoms with Gasteiger partial charge in [-0.3, -0.25) is 4.79 Å². The lowest BCUT2D eigenvalue weighted by Gasteiger charge is -2.04. The van der Waals surface area contributed by atoms with Crippen LogP contribution < -0.4 is 0 Å². The van der Waals surface area contributed by atoms with Crippen molar-refractivity contribution < 1.29 is 9.53 Å². The number of unbranched alkanes of at least 4 members (excludes halogenated alkanes) is 7. The van der Waals surface area contributed by atoms with Crippen LogP contribution in [0.15, 0.2) is 0 Å². The van der Waals surface area contributed by atoms with Crippen molar-refractivity contribution in [2.75, 3.05) is 6.61 Å². The van der Waals surface area contributed by atoms with E-state index in [4.69, 9.17) is 4.74 Å². The molecule has 2 heteroatoms. The summed E-state index contributed by atoms with van der Waals surface area (Å²) in [4.78, 5) is 11.3. The molecule has 0 aromatic rings. The van der Waals surface area contributed by atoms with E-state index in [-0.39, 0.29) is 5.97 Å². The maximum Gasteiger partial charge on any atom is 0.305 e. The lowest BCUT2D eigenvalue weighted by Crippen LogP contribution is -2.04. The zero-order valence-corrected chi connectivity index (χ0v) is 15.1. The molecule has 0 N–H and O–H groups in total. The third kappa shape index (κ3) is 10.2. The van der Waals surface area contributed by atoms with Crippen molar-refractivity contribution in [2.24, 2.45) is 11.8 Å². The van der Waals surface area contributed by atoms with Crippen LogP contribution in [-0.2, 0) is 9.53 Å². The van der Waals surface area contributed by atoms with E-state index in [1.165, 1.54) is 70.6 Å². The Labute approximate surface area is 138 Å². The molecule has 0 unspecified atom stereocenters. The van der Waals surface area contributed by atoms with Crippen molar-refractivity contribution in [3.05, 3.63) is 0 Å². The van der Waals surface area contributed by atoms with Gasteiger partial charge >= 0.3 is 5.97 Å². The van der Waals surface area contributed by atoms with E-state index in [0.717, 1.165) is 24.7 Å². The predicted molar refractivity (Wildman–Crippen MR) is 93.9 cm³/mol. The molecule has 1 aliphatic carbocycles. The molecule has 0 aromatic carbocycles. The highest BCUT2D eigenvalue weighted by atomic mass is 16.5. The van der Waals surface area contributed by atoms with Crippen LogP contribution in [0.1, 0.15) is 104 Å². The number of ether oxygens (including phenoxy) is 1. The number of hydrogen-bond acceptors (Lipinski definition) is 2. The molecule has 130 valence electrons. The minimum Gasteiger partial charge on any atom is -0.466 e. The van der Waals surface area contributed by atoms with Crippen LogP contribution in [0, 0.1) is 11.8 Å². The maximum absolute atomic E-state index is 11.3. The van der Waals surface area contributed by atoms with Crippen LogP contribution in [0.2, 0.25) is 0 Å². The summed E-state index contributed by atoms with van der Waals surface area (Å²) in [6, 6.07) is 0. The van der Waals surface area contributed by atoms with Crippen LogP contribution in [0.3, 0.4) is 0 Å². The molecule has 22 heavy (non-hydrogen) atoms. The molecule has 0 saturated heterocycles. The highest BCUT2D eigenvalue weighted by Crippen LogP contribution is 2.45. The first kappa shape index (κ1) is 19.5. The minimum absolute atomic E-state index is 0.0108. The number of carbonyl (C=O) groups is 1. The number of hydrogen-bond donors (Lipinski definition) is 0. The summed E-state index contributed by atoms with van der Waals surface area (Å²) in [5.74, 6) is 2.17. The molecule has 0 bridgehead atoms. The Morgan fingerprint density at radius 1 is 0.818 bits per heavy atom. The standard InChI is InChI=1S/C20H38O2/c1-3-13-18-17-19(18)14-11-9-7-5-6-8-10-12-15-20(21)22-16-4-2/h18-19H,3-17H2,1-2H3/t18-,19+/m1/s1. The first-order chi connectivity index (χ1) is 10.8. The fraction of sp³-hybridized carbons (Fsp3) is 0.950. The summed E-state index contributed by atoms with van der Waals surface area (Å²) >= 11 is 0. The van der Waals surface area contributed by atoms with Gasteiger partial charge in [-0.25, -0.2) is 0 Å². The Hall–Kier alpha value is -0.530. The number of esters is 1. The van der Waals surface area contributed by atoms with Gasteiger partial charge in [-0.15, -0.1) is 0 Å². The normalized spacial score (nSPS) is 20.1. The largest absolute Gasteiger partial charge is 0.466 e. The Morgan fingerprint density at radius 2 is 1.41 bits per heavy atom. The van der Waals surface area contributed by atoms with Gasteiger partial charge in [-0.05, 0) is 31.1 Å². The topological polar surface area (TPSA) is 26.3 Å². The molecular weight excluding hydrogens is 272 g/mol. The zero-order valence-electron chi connectivity index (χ0n) is 15.1. The Kier molecular flexibility index (Phi) is 11.5. The Balaban J connectivity index is 1.72. The molecule has 2 nitrogen and oxygen atoms in total. The molecule has 1 rings (SSSR count). The van der Waals surface area contributed by atoms with Gasteiger partial charge in [0.2, 0.25) is 0 Å². The second-order valence-corrected chi connectivity index (χ2v) is 7.13. The second-order valence-electron chi connectivity index (χ2n) is 7.13. The smallest absolute Gasteiger partial charge is 0.305 e. The van der Waals surface area contributed by atoms with Crippen LogP contribution in [0.4, 0.5) is 0 Å².